The van der Waals surface area contributed by atoms with E-state index in [1.165, 1.54) is 17.7 Å². The highest BCUT2D eigenvalue weighted by Gasteiger charge is 2.25. The molecule has 0 spiro atoms. The molecule has 0 radical (unpaired) electrons. The maximum Gasteiger partial charge on any atom is 0.170 e. The van der Waals surface area contributed by atoms with E-state index < -0.39 is 0 Å². The third-order valence-electron chi connectivity index (χ3n) is 7.01. The Balaban J connectivity index is 0.981. The lowest BCUT2D eigenvalue weighted by Gasteiger charge is -2.31. The first kappa shape index (κ1) is 23.3. The number of ether oxygens (including phenoxy) is 2. The van der Waals surface area contributed by atoms with Gasteiger partial charge in [-0.25, -0.2) is 4.39 Å². The molecule has 3 aromatic rings. The molecule has 3 heterocycles. The largest absolute Gasteiger partial charge is 0.494 e. The van der Waals surface area contributed by atoms with E-state index in [0.29, 0.717) is 11.5 Å². The van der Waals surface area contributed by atoms with Crippen molar-refractivity contribution in [3.63, 3.8) is 0 Å². The Morgan fingerprint density at radius 1 is 0.941 bits per heavy atom. The molecule has 182 valence electrons. The average Bonchev–Trinajstić information content (AvgIpc) is 3.29. The number of benzene rings is 2. The van der Waals surface area contributed by atoms with Gasteiger partial charge in [0.25, 0.3) is 0 Å². The lowest BCUT2D eigenvalue weighted by atomic mass is 9.91. The molecule has 0 bridgehead atoms. The van der Waals surface area contributed by atoms with Crippen LogP contribution in [0.3, 0.4) is 0 Å². The Hall–Kier alpha value is -2.48. The van der Waals surface area contributed by atoms with E-state index in [1.54, 1.807) is 6.07 Å². The lowest BCUT2D eigenvalue weighted by molar-refractivity contribution is 0.0342. The number of rotatable bonds is 9. The number of halogens is 1. The molecule has 0 amide bonds. The molecule has 0 N–H and O–H groups in total. The smallest absolute Gasteiger partial charge is 0.170 e. The second-order valence-corrected chi connectivity index (χ2v) is 9.41. The summed E-state index contributed by atoms with van der Waals surface area (Å²) in [5, 5.41) is 5.20. The topological polar surface area (TPSA) is 51.0 Å². The van der Waals surface area contributed by atoms with Crippen LogP contribution < -0.4 is 4.74 Å². The van der Waals surface area contributed by atoms with Crippen LogP contribution in [0.4, 0.5) is 4.39 Å². The molecule has 2 fully saturated rings. The van der Waals surface area contributed by atoms with Crippen molar-refractivity contribution < 1.29 is 18.4 Å². The summed E-state index contributed by atoms with van der Waals surface area (Å²) >= 11 is 0. The molecule has 7 heteroatoms. The van der Waals surface area contributed by atoms with Crippen molar-refractivity contribution in [2.24, 2.45) is 0 Å². The molecular formula is C27H34FN3O3. The summed E-state index contributed by atoms with van der Waals surface area (Å²) in [6, 6.07) is 13.2. The van der Waals surface area contributed by atoms with E-state index in [1.807, 2.05) is 0 Å². The Kier molecular flexibility index (Phi) is 7.73. The predicted molar refractivity (Wildman–Crippen MR) is 130 cm³/mol. The molecular weight excluding hydrogens is 433 g/mol. The number of likely N-dealkylation sites (tertiary alicyclic amines) is 1. The van der Waals surface area contributed by atoms with Crippen molar-refractivity contribution in [1.29, 1.82) is 0 Å². The molecule has 1 aromatic heterocycles. The van der Waals surface area contributed by atoms with Gasteiger partial charge in [0.1, 0.15) is 11.6 Å². The van der Waals surface area contributed by atoms with Crippen molar-refractivity contribution in [3.8, 4) is 5.75 Å². The van der Waals surface area contributed by atoms with Gasteiger partial charge in [0.05, 0.1) is 25.5 Å². The second kappa shape index (κ2) is 11.3. The Morgan fingerprint density at radius 3 is 2.53 bits per heavy atom. The first-order valence-corrected chi connectivity index (χ1v) is 12.5. The third kappa shape index (κ3) is 5.95. The van der Waals surface area contributed by atoms with Crippen LogP contribution in [0, 0.1) is 5.82 Å². The quantitative estimate of drug-likeness (QED) is 0.420. The van der Waals surface area contributed by atoms with Crippen molar-refractivity contribution >= 4 is 11.0 Å². The molecule has 0 aliphatic carbocycles. The van der Waals surface area contributed by atoms with Gasteiger partial charge in [0, 0.05) is 37.0 Å². The highest BCUT2D eigenvalue weighted by atomic mass is 19.1. The predicted octanol–water partition coefficient (Wildman–Crippen LogP) is 4.84. The number of aromatic nitrogens is 1. The summed E-state index contributed by atoms with van der Waals surface area (Å²) in [7, 11) is 0. The minimum Gasteiger partial charge on any atom is -0.494 e. The van der Waals surface area contributed by atoms with Crippen LogP contribution in [0.2, 0.25) is 0 Å². The van der Waals surface area contributed by atoms with Crippen molar-refractivity contribution in [2.75, 3.05) is 52.5 Å². The minimum atomic E-state index is -0.283. The third-order valence-corrected chi connectivity index (χ3v) is 7.01. The van der Waals surface area contributed by atoms with Gasteiger partial charge in [0.15, 0.2) is 5.58 Å². The SMILES string of the molecule is Fc1ccc2c(C3CCN(CCCCOc4ccc(CN5CCOCC5)cc4)CC3)noc2c1. The van der Waals surface area contributed by atoms with Gasteiger partial charge in [-0.2, -0.15) is 0 Å². The van der Waals surface area contributed by atoms with Crippen molar-refractivity contribution in [2.45, 2.75) is 38.1 Å². The summed E-state index contributed by atoms with van der Waals surface area (Å²) in [6.45, 7) is 8.63. The zero-order chi connectivity index (χ0) is 23.2. The van der Waals surface area contributed by atoms with E-state index in [-0.39, 0.29) is 5.82 Å². The maximum absolute atomic E-state index is 13.4. The molecule has 0 saturated carbocycles. The monoisotopic (exact) mass is 467 g/mol. The first-order valence-electron chi connectivity index (χ1n) is 12.5. The number of hydrogen-bond acceptors (Lipinski definition) is 6. The highest BCUT2D eigenvalue weighted by Crippen LogP contribution is 2.32. The van der Waals surface area contributed by atoms with Crippen LogP contribution in [0.5, 0.6) is 5.75 Å². The fourth-order valence-electron chi connectivity index (χ4n) is 4.99. The molecule has 0 atom stereocenters. The summed E-state index contributed by atoms with van der Waals surface area (Å²) in [4.78, 5) is 4.95. The Labute approximate surface area is 200 Å². The Morgan fingerprint density at radius 2 is 1.74 bits per heavy atom. The molecule has 5 rings (SSSR count). The van der Waals surface area contributed by atoms with E-state index in [2.05, 4.69) is 39.2 Å². The van der Waals surface area contributed by atoms with Crippen LogP contribution in [0.25, 0.3) is 11.0 Å². The molecule has 2 aromatic carbocycles. The number of morpholine rings is 1. The molecule has 2 saturated heterocycles. The standard InChI is InChI=1S/C27H34FN3O3/c28-23-5-8-25-26(19-23)34-29-27(25)22-9-12-30(13-10-22)11-1-2-16-33-24-6-3-21(4-7-24)20-31-14-17-32-18-15-31/h3-8,19,22H,1-2,9-18,20H2. The van der Waals surface area contributed by atoms with E-state index >= 15 is 0 Å². The number of fused-ring (bicyclic) bond motifs is 1. The minimum absolute atomic E-state index is 0.283. The highest BCUT2D eigenvalue weighted by molar-refractivity contribution is 5.79. The lowest BCUT2D eigenvalue weighted by Crippen LogP contribution is -2.35. The zero-order valence-corrected chi connectivity index (χ0v) is 19.8. The summed E-state index contributed by atoms with van der Waals surface area (Å²) < 4.78 is 30.1. The average molecular weight is 468 g/mol. The van der Waals surface area contributed by atoms with Gasteiger partial charge in [-0.3, -0.25) is 4.90 Å². The van der Waals surface area contributed by atoms with Crippen LogP contribution in [0.1, 0.15) is 42.9 Å². The van der Waals surface area contributed by atoms with Crippen molar-refractivity contribution in [1.82, 2.24) is 15.0 Å². The Bertz CT molecular complexity index is 1040. The first-order chi connectivity index (χ1) is 16.7. The summed E-state index contributed by atoms with van der Waals surface area (Å²) in [6.07, 6.45) is 4.31. The van der Waals surface area contributed by atoms with Crippen LogP contribution in [-0.4, -0.2) is 67.5 Å². The molecule has 34 heavy (non-hydrogen) atoms. The number of nitrogens with zero attached hydrogens (tertiary/aromatic N) is 3. The number of piperidine rings is 1. The molecule has 2 aliphatic heterocycles. The van der Waals surface area contributed by atoms with E-state index in [4.69, 9.17) is 14.0 Å². The molecule has 6 nitrogen and oxygen atoms in total. The second-order valence-electron chi connectivity index (χ2n) is 9.41. The van der Waals surface area contributed by atoms with Crippen molar-refractivity contribution in [3.05, 3.63) is 59.5 Å². The van der Waals surface area contributed by atoms with Gasteiger partial charge < -0.3 is 18.9 Å². The zero-order valence-electron chi connectivity index (χ0n) is 19.8. The van der Waals surface area contributed by atoms with E-state index in [9.17, 15) is 4.39 Å². The van der Waals surface area contributed by atoms with Gasteiger partial charge in [-0.1, -0.05) is 17.3 Å². The van der Waals surface area contributed by atoms with Gasteiger partial charge in [-0.05, 0) is 75.1 Å². The van der Waals surface area contributed by atoms with Gasteiger partial charge in [0.2, 0.25) is 0 Å². The molecule has 2 aliphatic rings. The normalized spacial score (nSPS) is 18.5. The molecule has 0 unspecified atom stereocenters. The number of unbranched alkanes of at least 4 members (excludes halogenated alkanes) is 1. The van der Waals surface area contributed by atoms with Gasteiger partial charge >= 0.3 is 0 Å². The van der Waals surface area contributed by atoms with Gasteiger partial charge in [-0.15, -0.1) is 0 Å². The number of hydrogen-bond donors (Lipinski definition) is 0. The summed E-state index contributed by atoms with van der Waals surface area (Å²) in [5.74, 6) is 1.05. The fraction of sp³-hybridized carbons (Fsp3) is 0.519. The maximum atomic E-state index is 13.4. The van der Waals surface area contributed by atoms with Crippen LogP contribution >= 0.6 is 0 Å². The fourth-order valence-corrected chi connectivity index (χ4v) is 4.99. The van der Waals surface area contributed by atoms with Crippen LogP contribution in [0.15, 0.2) is 47.0 Å². The van der Waals surface area contributed by atoms with E-state index in [0.717, 1.165) is 102 Å². The van der Waals surface area contributed by atoms with Crippen LogP contribution in [-0.2, 0) is 11.3 Å². The summed E-state index contributed by atoms with van der Waals surface area (Å²) in [5.41, 5.74) is 2.85.